The predicted octanol–water partition coefficient (Wildman–Crippen LogP) is 3.49. The van der Waals surface area contributed by atoms with Crippen LogP contribution in [0.1, 0.15) is 22.3 Å². The summed E-state index contributed by atoms with van der Waals surface area (Å²) in [5.41, 5.74) is 3.14. The zero-order valence-corrected chi connectivity index (χ0v) is 11.4. The highest BCUT2D eigenvalue weighted by Gasteiger charge is 2.20. The Bertz CT molecular complexity index is 712. The molecule has 3 rings (SSSR count). The van der Waals surface area contributed by atoms with E-state index in [4.69, 9.17) is 0 Å². The molecule has 1 aliphatic rings. The Hall–Kier alpha value is -2.69. The Kier molecular flexibility index (Phi) is 3.39. The van der Waals surface area contributed by atoms with Crippen LogP contribution in [0.2, 0.25) is 0 Å². The van der Waals surface area contributed by atoms with Crippen LogP contribution in [0.5, 0.6) is 0 Å². The van der Waals surface area contributed by atoms with E-state index in [1.165, 1.54) is 11.6 Å². The zero-order valence-electron chi connectivity index (χ0n) is 11.4. The molecule has 0 N–H and O–H groups in total. The number of aldehydes is 1. The number of benzene rings is 2. The molecule has 5 heteroatoms. The lowest BCUT2D eigenvalue weighted by molar-refractivity contribution is -0.385. The molecule has 0 spiro atoms. The van der Waals surface area contributed by atoms with E-state index < -0.39 is 4.92 Å². The van der Waals surface area contributed by atoms with Gasteiger partial charge in [0.05, 0.1) is 10.5 Å². The maximum atomic E-state index is 11.1. The first-order chi connectivity index (χ1) is 10.2. The lowest BCUT2D eigenvalue weighted by atomic mass is 10.0. The van der Waals surface area contributed by atoms with Gasteiger partial charge in [-0.1, -0.05) is 18.2 Å². The molecule has 0 bridgehead atoms. The van der Waals surface area contributed by atoms with Crippen LogP contribution in [-0.2, 0) is 6.42 Å². The standard InChI is InChI=1S/C16H14N2O3/c19-11-13-10-14(7-8-16(13)18(20)21)17-9-3-5-12-4-1-2-6-15(12)17/h1-2,4,6-8,10-11H,3,5,9H2. The summed E-state index contributed by atoms with van der Waals surface area (Å²) in [5, 5.41) is 10.9. The van der Waals surface area contributed by atoms with Gasteiger partial charge in [-0.2, -0.15) is 0 Å². The number of nitro benzene ring substituents is 1. The second-order valence-corrected chi connectivity index (χ2v) is 5.00. The third kappa shape index (κ3) is 2.38. The van der Waals surface area contributed by atoms with Gasteiger partial charge in [-0.3, -0.25) is 14.9 Å². The van der Waals surface area contributed by atoms with Crippen LogP contribution in [0.4, 0.5) is 17.1 Å². The van der Waals surface area contributed by atoms with Crippen LogP contribution < -0.4 is 4.90 Å². The SMILES string of the molecule is O=Cc1cc(N2CCCc3ccccc32)ccc1[N+](=O)[O-]. The molecule has 2 aromatic carbocycles. The highest BCUT2D eigenvalue weighted by molar-refractivity contribution is 5.84. The number of anilines is 2. The number of carbonyl (C=O) groups is 1. The molecule has 0 unspecified atom stereocenters. The van der Waals surface area contributed by atoms with E-state index in [0.717, 1.165) is 30.8 Å². The number of carbonyl (C=O) groups excluding carboxylic acids is 1. The smallest absolute Gasteiger partial charge is 0.280 e. The molecule has 106 valence electrons. The quantitative estimate of drug-likeness (QED) is 0.491. The van der Waals surface area contributed by atoms with Gasteiger partial charge in [-0.05, 0) is 36.6 Å². The molecular weight excluding hydrogens is 268 g/mol. The van der Waals surface area contributed by atoms with Crippen molar-refractivity contribution < 1.29 is 9.72 Å². The van der Waals surface area contributed by atoms with E-state index in [0.29, 0.717) is 6.29 Å². The maximum Gasteiger partial charge on any atom is 0.280 e. The number of aryl methyl sites for hydroxylation is 1. The number of nitrogens with zero attached hydrogens (tertiary/aromatic N) is 2. The Morgan fingerprint density at radius 2 is 2.00 bits per heavy atom. The normalized spacial score (nSPS) is 13.6. The molecule has 0 aromatic heterocycles. The van der Waals surface area contributed by atoms with Crippen molar-refractivity contribution in [3.05, 3.63) is 63.7 Å². The highest BCUT2D eigenvalue weighted by Crippen LogP contribution is 2.34. The molecule has 2 aromatic rings. The molecule has 0 radical (unpaired) electrons. The van der Waals surface area contributed by atoms with Gasteiger partial charge in [0.1, 0.15) is 0 Å². The van der Waals surface area contributed by atoms with E-state index in [2.05, 4.69) is 11.0 Å². The second-order valence-electron chi connectivity index (χ2n) is 5.00. The number of hydrogen-bond donors (Lipinski definition) is 0. The first-order valence-electron chi connectivity index (χ1n) is 6.80. The third-order valence-electron chi connectivity index (χ3n) is 3.76. The fraction of sp³-hybridized carbons (Fsp3) is 0.188. The number of fused-ring (bicyclic) bond motifs is 1. The van der Waals surface area contributed by atoms with Crippen molar-refractivity contribution in [1.29, 1.82) is 0 Å². The molecule has 0 atom stereocenters. The van der Waals surface area contributed by atoms with Crippen LogP contribution in [0, 0.1) is 10.1 Å². The summed E-state index contributed by atoms with van der Waals surface area (Å²) in [6.07, 6.45) is 2.59. The van der Waals surface area contributed by atoms with Gasteiger partial charge in [-0.25, -0.2) is 0 Å². The molecule has 0 saturated heterocycles. The minimum atomic E-state index is -0.530. The average Bonchev–Trinajstić information content (AvgIpc) is 2.53. The van der Waals surface area contributed by atoms with Crippen molar-refractivity contribution in [2.45, 2.75) is 12.8 Å². The minimum Gasteiger partial charge on any atom is -0.341 e. The van der Waals surface area contributed by atoms with Crippen molar-refractivity contribution in [3.63, 3.8) is 0 Å². The number of nitro groups is 1. The second kappa shape index (κ2) is 5.36. The van der Waals surface area contributed by atoms with Crippen LogP contribution in [0.25, 0.3) is 0 Å². The summed E-state index contributed by atoms with van der Waals surface area (Å²) in [6, 6.07) is 12.8. The fourth-order valence-corrected chi connectivity index (χ4v) is 2.77. The van der Waals surface area contributed by atoms with Gasteiger partial charge in [0.25, 0.3) is 5.69 Å². The van der Waals surface area contributed by atoms with Crippen LogP contribution in [0.15, 0.2) is 42.5 Å². The lowest BCUT2D eigenvalue weighted by Gasteiger charge is -2.31. The van der Waals surface area contributed by atoms with Crippen molar-refractivity contribution >= 4 is 23.3 Å². The maximum absolute atomic E-state index is 11.1. The number of hydrogen-bond acceptors (Lipinski definition) is 4. The van der Waals surface area contributed by atoms with Gasteiger partial charge >= 0.3 is 0 Å². The van der Waals surface area contributed by atoms with Crippen LogP contribution in [0.3, 0.4) is 0 Å². The van der Waals surface area contributed by atoms with E-state index >= 15 is 0 Å². The minimum absolute atomic E-state index is 0.112. The van der Waals surface area contributed by atoms with E-state index in [9.17, 15) is 14.9 Å². The summed E-state index contributed by atoms with van der Waals surface area (Å²) in [5.74, 6) is 0. The first kappa shape index (κ1) is 13.3. The molecule has 21 heavy (non-hydrogen) atoms. The fourth-order valence-electron chi connectivity index (χ4n) is 2.77. The van der Waals surface area contributed by atoms with Crippen molar-refractivity contribution in [2.24, 2.45) is 0 Å². The molecule has 0 fully saturated rings. The van der Waals surface area contributed by atoms with Crippen molar-refractivity contribution in [1.82, 2.24) is 0 Å². The first-order valence-corrected chi connectivity index (χ1v) is 6.80. The molecule has 1 heterocycles. The van der Waals surface area contributed by atoms with E-state index in [1.54, 1.807) is 12.1 Å². The molecule has 1 aliphatic heterocycles. The van der Waals surface area contributed by atoms with Crippen molar-refractivity contribution in [3.8, 4) is 0 Å². The van der Waals surface area contributed by atoms with Gasteiger partial charge in [0.15, 0.2) is 6.29 Å². The van der Waals surface area contributed by atoms with E-state index in [1.807, 2.05) is 18.2 Å². The topological polar surface area (TPSA) is 63.5 Å². The molecule has 0 amide bonds. The van der Waals surface area contributed by atoms with Gasteiger partial charge in [0, 0.05) is 24.0 Å². The third-order valence-corrected chi connectivity index (χ3v) is 3.76. The van der Waals surface area contributed by atoms with Gasteiger partial charge in [-0.15, -0.1) is 0 Å². The summed E-state index contributed by atoms with van der Waals surface area (Å²) >= 11 is 0. The Balaban J connectivity index is 2.06. The van der Waals surface area contributed by atoms with Gasteiger partial charge in [0.2, 0.25) is 0 Å². The summed E-state index contributed by atoms with van der Waals surface area (Å²) in [4.78, 5) is 23.6. The van der Waals surface area contributed by atoms with Crippen LogP contribution >= 0.6 is 0 Å². The number of rotatable bonds is 3. The Labute approximate surface area is 122 Å². The average molecular weight is 282 g/mol. The Morgan fingerprint density at radius 3 is 2.76 bits per heavy atom. The lowest BCUT2D eigenvalue weighted by Crippen LogP contribution is -2.24. The van der Waals surface area contributed by atoms with E-state index in [-0.39, 0.29) is 11.3 Å². The molecule has 0 saturated carbocycles. The summed E-state index contributed by atoms with van der Waals surface area (Å²) < 4.78 is 0. The summed E-state index contributed by atoms with van der Waals surface area (Å²) in [6.45, 7) is 0.840. The largest absolute Gasteiger partial charge is 0.341 e. The highest BCUT2D eigenvalue weighted by atomic mass is 16.6. The predicted molar refractivity (Wildman–Crippen MR) is 80.3 cm³/mol. The number of para-hydroxylation sites is 1. The van der Waals surface area contributed by atoms with Gasteiger partial charge < -0.3 is 4.90 Å². The Morgan fingerprint density at radius 1 is 1.19 bits per heavy atom. The molecular formula is C16H14N2O3. The summed E-state index contributed by atoms with van der Waals surface area (Å²) in [7, 11) is 0. The monoisotopic (exact) mass is 282 g/mol. The van der Waals surface area contributed by atoms with Crippen molar-refractivity contribution in [2.75, 3.05) is 11.4 Å². The molecule has 5 nitrogen and oxygen atoms in total. The zero-order chi connectivity index (χ0) is 14.8. The van der Waals surface area contributed by atoms with Crippen LogP contribution in [-0.4, -0.2) is 17.8 Å². The molecule has 0 aliphatic carbocycles.